The third kappa shape index (κ3) is 1.09. The Labute approximate surface area is 61.5 Å². The van der Waals surface area contributed by atoms with Crippen LogP contribution >= 0.6 is 11.6 Å². The molecule has 0 unspecified atom stereocenters. The molecule has 0 aliphatic rings. The molecule has 5 nitrogen and oxygen atoms in total. The predicted octanol–water partition coefficient (Wildman–Crippen LogP) is -0.333. The minimum Gasteiger partial charge on any atom is -0.289 e. The summed E-state index contributed by atoms with van der Waals surface area (Å²) in [5.41, 5.74) is 2.08. The summed E-state index contributed by atoms with van der Waals surface area (Å²) in [5.74, 6) is 4.34. The van der Waals surface area contributed by atoms with Gasteiger partial charge in [0.05, 0.1) is 11.2 Å². The summed E-state index contributed by atoms with van der Waals surface area (Å²) < 4.78 is 0. The van der Waals surface area contributed by atoms with Crippen molar-refractivity contribution >= 4 is 17.5 Å². The van der Waals surface area contributed by atoms with Crippen molar-refractivity contribution in [2.24, 2.45) is 5.84 Å². The number of amides is 1. The Morgan fingerprint density at radius 1 is 1.90 bits per heavy atom. The minimum atomic E-state index is -0.484. The van der Waals surface area contributed by atoms with E-state index >= 15 is 0 Å². The van der Waals surface area contributed by atoms with Crippen molar-refractivity contribution < 1.29 is 4.79 Å². The summed E-state index contributed by atoms with van der Waals surface area (Å²) in [4.78, 5) is 10.7. The molecule has 0 aromatic carbocycles. The zero-order chi connectivity index (χ0) is 7.56. The van der Waals surface area contributed by atoms with Crippen LogP contribution in [0.4, 0.5) is 0 Å². The average molecular weight is 161 g/mol. The fourth-order valence-corrected chi connectivity index (χ4v) is 0.680. The van der Waals surface area contributed by atoms with E-state index in [1.165, 1.54) is 6.20 Å². The highest BCUT2D eigenvalue weighted by Gasteiger charge is 2.09. The van der Waals surface area contributed by atoms with E-state index in [-0.39, 0.29) is 10.7 Å². The van der Waals surface area contributed by atoms with Gasteiger partial charge < -0.3 is 0 Å². The Morgan fingerprint density at radius 2 is 2.60 bits per heavy atom. The molecule has 54 valence electrons. The monoisotopic (exact) mass is 160 g/mol. The molecular weight excluding hydrogens is 156 g/mol. The highest BCUT2D eigenvalue weighted by Crippen LogP contribution is 2.09. The van der Waals surface area contributed by atoms with Gasteiger partial charge in [0.1, 0.15) is 5.69 Å². The Balaban J connectivity index is 2.93. The number of carbonyl (C=O) groups is 1. The quantitative estimate of drug-likeness (QED) is 0.299. The number of hydrazine groups is 1. The van der Waals surface area contributed by atoms with E-state index in [9.17, 15) is 4.79 Å². The zero-order valence-electron chi connectivity index (χ0n) is 4.89. The molecule has 0 saturated carbocycles. The summed E-state index contributed by atoms with van der Waals surface area (Å²) in [6.45, 7) is 0. The molecule has 1 amide bonds. The lowest BCUT2D eigenvalue weighted by molar-refractivity contribution is 0.0949. The first-order valence-electron chi connectivity index (χ1n) is 2.45. The second-order valence-electron chi connectivity index (χ2n) is 1.57. The van der Waals surface area contributed by atoms with Crippen LogP contribution in [0.2, 0.25) is 5.02 Å². The summed E-state index contributed by atoms with van der Waals surface area (Å²) >= 11 is 5.50. The van der Waals surface area contributed by atoms with Gasteiger partial charge in [0.15, 0.2) is 0 Å². The molecule has 1 aromatic rings. The second kappa shape index (κ2) is 2.68. The molecule has 0 bridgehead atoms. The predicted molar refractivity (Wildman–Crippen MR) is 35.3 cm³/mol. The fourth-order valence-electron chi connectivity index (χ4n) is 0.503. The van der Waals surface area contributed by atoms with Crippen molar-refractivity contribution in [2.45, 2.75) is 0 Å². The number of halogens is 1. The van der Waals surface area contributed by atoms with Crippen LogP contribution in [-0.2, 0) is 0 Å². The van der Waals surface area contributed by atoms with E-state index in [4.69, 9.17) is 17.4 Å². The molecule has 0 aliphatic carbocycles. The Kier molecular flexibility index (Phi) is 1.88. The molecule has 1 aromatic heterocycles. The van der Waals surface area contributed by atoms with Gasteiger partial charge >= 0.3 is 0 Å². The SMILES string of the molecule is NNC(=O)c1[nH]ncc1Cl. The normalized spacial score (nSPS) is 9.40. The largest absolute Gasteiger partial charge is 0.289 e. The van der Waals surface area contributed by atoms with Gasteiger partial charge in [-0.25, -0.2) is 5.84 Å². The van der Waals surface area contributed by atoms with Crippen molar-refractivity contribution in [3.05, 3.63) is 16.9 Å². The number of nitrogen functional groups attached to an aromatic ring is 1. The van der Waals surface area contributed by atoms with Crippen LogP contribution in [-0.4, -0.2) is 16.1 Å². The van der Waals surface area contributed by atoms with Crippen LogP contribution in [0.25, 0.3) is 0 Å². The lowest BCUT2D eigenvalue weighted by Crippen LogP contribution is -2.30. The first-order chi connectivity index (χ1) is 4.75. The van der Waals surface area contributed by atoms with Gasteiger partial charge in [-0.1, -0.05) is 11.6 Å². The smallest absolute Gasteiger partial charge is 0.284 e. The highest BCUT2D eigenvalue weighted by molar-refractivity contribution is 6.33. The number of hydrogen-bond acceptors (Lipinski definition) is 3. The van der Waals surface area contributed by atoms with E-state index in [0.717, 1.165) is 0 Å². The van der Waals surface area contributed by atoms with E-state index < -0.39 is 5.91 Å². The van der Waals surface area contributed by atoms with E-state index in [1.807, 2.05) is 5.43 Å². The maximum atomic E-state index is 10.7. The second-order valence-corrected chi connectivity index (χ2v) is 1.97. The van der Waals surface area contributed by atoms with Crippen molar-refractivity contribution in [1.29, 1.82) is 0 Å². The number of aromatic amines is 1. The van der Waals surface area contributed by atoms with Crippen molar-refractivity contribution in [3.63, 3.8) is 0 Å². The molecule has 0 aliphatic heterocycles. The minimum absolute atomic E-state index is 0.171. The molecule has 0 radical (unpaired) electrons. The van der Waals surface area contributed by atoms with E-state index in [1.54, 1.807) is 0 Å². The van der Waals surface area contributed by atoms with Crippen molar-refractivity contribution in [3.8, 4) is 0 Å². The first kappa shape index (κ1) is 7.04. The molecule has 0 fully saturated rings. The summed E-state index contributed by atoms with van der Waals surface area (Å²) in [5, 5.41) is 6.15. The number of rotatable bonds is 1. The number of nitrogens with zero attached hydrogens (tertiary/aromatic N) is 1. The molecule has 0 spiro atoms. The summed E-state index contributed by atoms with van der Waals surface area (Å²) in [7, 11) is 0. The van der Waals surface area contributed by atoms with Crippen LogP contribution in [0.15, 0.2) is 6.20 Å². The fraction of sp³-hybridized carbons (Fsp3) is 0. The maximum absolute atomic E-state index is 10.7. The average Bonchev–Trinajstić information content (AvgIpc) is 2.34. The van der Waals surface area contributed by atoms with Gasteiger partial charge in [-0.2, -0.15) is 5.10 Å². The van der Waals surface area contributed by atoms with Gasteiger partial charge in [0.25, 0.3) is 5.91 Å². The van der Waals surface area contributed by atoms with Gasteiger partial charge in [-0.15, -0.1) is 0 Å². The van der Waals surface area contributed by atoms with Crippen molar-refractivity contribution in [1.82, 2.24) is 15.6 Å². The number of nitrogens with one attached hydrogen (secondary N) is 2. The lowest BCUT2D eigenvalue weighted by atomic mass is 10.4. The maximum Gasteiger partial charge on any atom is 0.284 e. The summed E-state index contributed by atoms with van der Waals surface area (Å²) in [6, 6.07) is 0. The zero-order valence-corrected chi connectivity index (χ0v) is 5.64. The Hall–Kier alpha value is -1.07. The third-order valence-electron chi connectivity index (χ3n) is 0.951. The number of nitrogens with two attached hydrogens (primary N) is 1. The topological polar surface area (TPSA) is 83.8 Å². The van der Waals surface area contributed by atoms with Crippen LogP contribution in [0.5, 0.6) is 0 Å². The highest BCUT2D eigenvalue weighted by atomic mass is 35.5. The molecule has 0 atom stereocenters. The van der Waals surface area contributed by atoms with E-state index in [0.29, 0.717) is 0 Å². The van der Waals surface area contributed by atoms with Crippen molar-refractivity contribution in [2.75, 3.05) is 0 Å². The lowest BCUT2D eigenvalue weighted by Gasteiger charge is -1.93. The molecule has 0 saturated heterocycles. The number of carbonyl (C=O) groups excluding carboxylic acids is 1. The number of hydrogen-bond donors (Lipinski definition) is 3. The number of H-pyrrole nitrogens is 1. The van der Waals surface area contributed by atoms with Crippen LogP contribution in [0, 0.1) is 0 Å². The molecule has 6 heteroatoms. The summed E-state index contributed by atoms with van der Waals surface area (Å²) in [6.07, 6.45) is 1.33. The van der Waals surface area contributed by atoms with Crippen LogP contribution in [0.1, 0.15) is 10.5 Å². The third-order valence-corrected chi connectivity index (χ3v) is 1.24. The molecule has 1 rings (SSSR count). The van der Waals surface area contributed by atoms with Gasteiger partial charge in [-0.3, -0.25) is 15.3 Å². The molecule has 1 heterocycles. The standard InChI is InChI=1S/C4H5ClN4O/c5-2-1-7-9-3(2)4(10)8-6/h1H,6H2,(H,7,9)(H,8,10). The molecular formula is C4H5ClN4O. The van der Waals surface area contributed by atoms with Gasteiger partial charge in [0, 0.05) is 0 Å². The van der Waals surface area contributed by atoms with E-state index in [2.05, 4.69) is 10.2 Å². The van der Waals surface area contributed by atoms with Gasteiger partial charge in [0.2, 0.25) is 0 Å². The Morgan fingerprint density at radius 3 is 3.00 bits per heavy atom. The Bertz CT molecular complexity index is 245. The van der Waals surface area contributed by atoms with Crippen LogP contribution in [0.3, 0.4) is 0 Å². The number of aromatic nitrogens is 2. The van der Waals surface area contributed by atoms with Gasteiger partial charge in [-0.05, 0) is 0 Å². The molecule has 10 heavy (non-hydrogen) atoms. The first-order valence-corrected chi connectivity index (χ1v) is 2.83. The molecule has 4 N–H and O–H groups in total. The van der Waals surface area contributed by atoms with Crippen LogP contribution < -0.4 is 11.3 Å².